The molecule has 0 saturated carbocycles. The van der Waals surface area contributed by atoms with Crippen LogP contribution in [-0.2, 0) is 0 Å². The van der Waals surface area contributed by atoms with Gasteiger partial charge in [0, 0.05) is 0 Å². The number of unbranched alkanes of at least 4 members (excludes halogenated alkanes) is 8. The lowest BCUT2D eigenvalue weighted by molar-refractivity contribution is 0.506. The molecule has 0 saturated heterocycles. The van der Waals surface area contributed by atoms with Gasteiger partial charge in [0.1, 0.15) is 0 Å². The van der Waals surface area contributed by atoms with E-state index in [1.54, 1.807) is 0 Å². The van der Waals surface area contributed by atoms with E-state index in [2.05, 4.69) is 32.9 Å². The molecule has 0 unspecified atom stereocenters. The van der Waals surface area contributed by atoms with E-state index in [4.69, 9.17) is 0 Å². The van der Waals surface area contributed by atoms with Crippen molar-refractivity contribution >= 4 is 7.41 Å². The van der Waals surface area contributed by atoms with Gasteiger partial charge in [-0.05, 0) is 24.8 Å². The van der Waals surface area contributed by atoms with Gasteiger partial charge in [0.15, 0.2) is 0 Å². The molecule has 0 aliphatic carbocycles. The first-order valence-electron chi connectivity index (χ1n) is 9.83. The molecular weight excluding hydrogens is 253 g/mol. The normalized spacial score (nSPS) is 11.5. The highest BCUT2D eigenvalue weighted by Crippen LogP contribution is 2.12. The third-order valence-corrected chi connectivity index (χ3v) is 4.27. The van der Waals surface area contributed by atoms with Crippen molar-refractivity contribution in [2.45, 2.75) is 105 Å². The van der Waals surface area contributed by atoms with Crippen LogP contribution in [0.1, 0.15) is 98.3 Å². The van der Waals surface area contributed by atoms with E-state index in [9.17, 15) is 0 Å². The molecule has 2 heteroatoms. The van der Waals surface area contributed by atoms with Crippen molar-refractivity contribution in [2.75, 3.05) is 6.54 Å². The Morgan fingerprint density at radius 2 is 1.10 bits per heavy atom. The lowest BCUT2D eigenvalue weighted by atomic mass is 9.84. The Morgan fingerprint density at radius 3 is 1.62 bits per heavy atom. The standard InChI is InChI=1S/C19H42BN/c1-18(2)14-12-10-8-6-5-7-9-11-13-17-21-20-16-15-19(3)4/h18-21H,5-17H2,1-4H3. The third kappa shape index (κ3) is 20.0. The maximum absolute atomic E-state index is 3.58. The van der Waals surface area contributed by atoms with E-state index in [1.165, 1.54) is 90.9 Å². The molecule has 0 amide bonds. The van der Waals surface area contributed by atoms with Gasteiger partial charge in [-0.15, -0.1) is 0 Å². The second-order valence-electron chi connectivity index (χ2n) is 7.65. The quantitative estimate of drug-likeness (QED) is 0.274. The summed E-state index contributed by atoms with van der Waals surface area (Å²) in [6, 6.07) is 0. The van der Waals surface area contributed by atoms with E-state index in [-0.39, 0.29) is 0 Å². The summed E-state index contributed by atoms with van der Waals surface area (Å²) in [6.07, 6.45) is 17.1. The van der Waals surface area contributed by atoms with Crippen molar-refractivity contribution in [1.82, 2.24) is 5.23 Å². The fourth-order valence-corrected chi connectivity index (χ4v) is 2.80. The summed E-state index contributed by atoms with van der Waals surface area (Å²) in [5, 5.41) is 3.58. The molecule has 126 valence electrons. The topological polar surface area (TPSA) is 12.0 Å². The van der Waals surface area contributed by atoms with Crippen LogP contribution in [-0.4, -0.2) is 14.0 Å². The average Bonchev–Trinajstić information content (AvgIpc) is 2.42. The highest BCUT2D eigenvalue weighted by Gasteiger charge is 1.97. The first-order valence-corrected chi connectivity index (χ1v) is 9.83. The molecule has 21 heavy (non-hydrogen) atoms. The molecule has 0 aromatic rings. The van der Waals surface area contributed by atoms with E-state index in [0.29, 0.717) is 0 Å². The molecule has 0 radical (unpaired) electrons. The monoisotopic (exact) mass is 295 g/mol. The summed E-state index contributed by atoms with van der Waals surface area (Å²) < 4.78 is 0. The zero-order valence-corrected chi connectivity index (χ0v) is 15.6. The summed E-state index contributed by atoms with van der Waals surface area (Å²) in [5.74, 6) is 1.75. The lowest BCUT2D eigenvalue weighted by Gasteiger charge is -2.06. The summed E-state index contributed by atoms with van der Waals surface area (Å²) >= 11 is 0. The molecule has 0 rings (SSSR count). The predicted octanol–water partition coefficient (Wildman–Crippen LogP) is 5.95. The molecule has 0 fully saturated rings. The zero-order chi connectivity index (χ0) is 15.8. The largest absolute Gasteiger partial charge is 0.359 e. The SMILES string of the molecule is CC(C)CCBNCCCCCCCCCCCC(C)C. The highest BCUT2D eigenvalue weighted by molar-refractivity contribution is 6.32. The Morgan fingerprint density at radius 1 is 0.619 bits per heavy atom. The van der Waals surface area contributed by atoms with Crippen LogP contribution < -0.4 is 5.23 Å². The Bertz CT molecular complexity index is 172. The minimum Gasteiger partial charge on any atom is -0.359 e. The molecule has 0 aliphatic rings. The van der Waals surface area contributed by atoms with Crippen LogP contribution in [0.5, 0.6) is 0 Å². The Kier molecular flexibility index (Phi) is 16.4. The molecular formula is C19H42BN. The van der Waals surface area contributed by atoms with Gasteiger partial charge in [-0.2, -0.15) is 0 Å². The van der Waals surface area contributed by atoms with Crippen LogP contribution >= 0.6 is 0 Å². The summed E-state index contributed by atoms with van der Waals surface area (Å²) in [5.41, 5.74) is 0. The van der Waals surface area contributed by atoms with E-state index in [0.717, 1.165) is 11.8 Å². The molecule has 0 aromatic heterocycles. The molecule has 0 aromatic carbocycles. The van der Waals surface area contributed by atoms with Gasteiger partial charge in [-0.1, -0.05) is 98.2 Å². The Labute approximate surface area is 136 Å². The van der Waals surface area contributed by atoms with E-state index < -0.39 is 0 Å². The van der Waals surface area contributed by atoms with Crippen LogP contribution in [0, 0.1) is 11.8 Å². The third-order valence-electron chi connectivity index (χ3n) is 4.27. The predicted molar refractivity (Wildman–Crippen MR) is 100 cm³/mol. The van der Waals surface area contributed by atoms with Crippen molar-refractivity contribution in [3.05, 3.63) is 0 Å². The highest BCUT2D eigenvalue weighted by atomic mass is 14.7. The fourth-order valence-electron chi connectivity index (χ4n) is 2.80. The van der Waals surface area contributed by atoms with Crippen molar-refractivity contribution in [2.24, 2.45) is 11.8 Å². The van der Waals surface area contributed by atoms with Gasteiger partial charge in [0.25, 0.3) is 0 Å². The smallest absolute Gasteiger partial charge is 0.201 e. The van der Waals surface area contributed by atoms with Gasteiger partial charge in [0.05, 0.1) is 0 Å². The summed E-state index contributed by atoms with van der Waals surface area (Å²) in [6.45, 7) is 10.5. The minimum absolute atomic E-state index is 0.858. The van der Waals surface area contributed by atoms with Crippen LogP contribution in [0.4, 0.5) is 0 Å². The van der Waals surface area contributed by atoms with E-state index >= 15 is 0 Å². The molecule has 0 aliphatic heterocycles. The van der Waals surface area contributed by atoms with Crippen LogP contribution in [0.15, 0.2) is 0 Å². The van der Waals surface area contributed by atoms with Gasteiger partial charge < -0.3 is 5.23 Å². The molecule has 0 atom stereocenters. The second kappa shape index (κ2) is 16.4. The van der Waals surface area contributed by atoms with E-state index in [1.807, 2.05) is 0 Å². The summed E-state index contributed by atoms with van der Waals surface area (Å²) in [4.78, 5) is 0. The number of rotatable bonds is 16. The molecule has 0 bridgehead atoms. The Hall–Kier alpha value is 0.0249. The van der Waals surface area contributed by atoms with Crippen LogP contribution in [0.3, 0.4) is 0 Å². The molecule has 1 nitrogen and oxygen atoms in total. The average molecular weight is 295 g/mol. The molecule has 1 N–H and O–H groups in total. The lowest BCUT2D eigenvalue weighted by Crippen LogP contribution is -2.20. The van der Waals surface area contributed by atoms with Gasteiger partial charge in [-0.3, -0.25) is 0 Å². The maximum atomic E-state index is 3.58. The number of hydrogen-bond donors (Lipinski definition) is 1. The van der Waals surface area contributed by atoms with Gasteiger partial charge in [-0.25, -0.2) is 0 Å². The first kappa shape index (κ1) is 21.0. The number of hydrogen-bond acceptors (Lipinski definition) is 1. The minimum atomic E-state index is 0.858. The Balaban J connectivity index is 2.96. The molecule has 0 spiro atoms. The van der Waals surface area contributed by atoms with Crippen molar-refractivity contribution < 1.29 is 0 Å². The van der Waals surface area contributed by atoms with Crippen LogP contribution in [0.2, 0.25) is 6.32 Å². The second-order valence-corrected chi connectivity index (χ2v) is 7.65. The van der Waals surface area contributed by atoms with Crippen molar-refractivity contribution in [3.63, 3.8) is 0 Å². The maximum Gasteiger partial charge on any atom is 0.201 e. The van der Waals surface area contributed by atoms with Crippen LogP contribution in [0.25, 0.3) is 0 Å². The van der Waals surface area contributed by atoms with Crippen molar-refractivity contribution in [1.29, 1.82) is 0 Å². The van der Waals surface area contributed by atoms with Gasteiger partial charge in [0.2, 0.25) is 7.41 Å². The van der Waals surface area contributed by atoms with Crippen molar-refractivity contribution in [3.8, 4) is 0 Å². The summed E-state index contributed by atoms with van der Waals surface area (Å²) in [7, 11) is 1.22. The zero-order valence-electron chi connectivity index (χ0n) is 15.6. The number of nitrogens with one attached hydrogen (secondary N) is 1. The van der Waals surface area contributed by atoms with Gasteiger partial charge >= 0.3 is 0 Å². The molecule has 0 heterocycles. The first-order chi connectivity index (χ1) is 10.1. The fraction of sp³-hybridized carbons (Fsp3) is 1.00.